The maximum Gasteiger partial charge on any atom is 0.222 e. The zero-order chi connectivity index (χ0) is 18.4. The third-order valence-electron chi connectivity index (χ3n) is 4.94. The Balaban J connectivity index is 1.88. The summed E-state index contributed by atoms with van der Waals surface area (Å²) in [6.45, 7) is 10.9. The number of guanidine groups is 1. The SMILES string of the molecule is CCC(=O)N1CCC(NC(=NC)NCC(C)(C)c2ccc(C)cc2)C1. The predicted octanol–water partition coefficient (Wildman–Crippen LogP) is 2.45. The number of hydrogen-bond acceptors (Lipinski definition) is 2. The van der Waals surface area contributed by atoms with E-state index in [9.17, 15) is 4.79 Å². The number of hydrogen-bond donors (Lipinski definition) is 2. The summed E-state index contributed by atoms with van der Waals surface area (Å²) in [5, 5.41) is 6.90. The number of nitrogens with one attached hydrogen (secondary N) is 2. The minimum absolute atomic E-state index is 0.00517. The van der Waals surface area contributed by atoms with Gasteiger partial charge in [0.25, 0.3) is 0 Å². The molecular weight excluding hydrogens is 312 g/mol. The van der Waals surface area contributed by atoms with Gasteiger partial charge in [-0.2, -0.15) is 0 Å². The molecule has 2 rings (SSSR count). The van der Waals surface area contributed by atoms with Crippen LogP contribution in [0.1, 0.15) is 44.7 Å². The molecule has 1 fully saturated rings. The Kier molecular flexibility index (Phi) is 6.45. The highest BCUT2D eigenvalue weighted by Crippen LogP contribution is 2.22. The van der Waals surface area contributed by atoms with Crippen molar-refractivity contribution in [3.8, 4) is 0 Å². The van der Waals surface area contributed by atoms with E-state index in [4.69, 9.17) is 0 Å². The third kappa shape index (κ3) is 5.21. The van der Waals surface area contributed by atoms with Crippen molar-refractivity contribution >= 4 is 11.9 Å². The van der Waals surface area contributed by atoms with Gasteiger partial charge in [0.05, 0.1) is 0 Å². The van der Waals surface area contributed by atoms with Crippen molar-refractivity contribution in [2.75, 3.05) is 26.7 Å². The minimum atomic E-state index is 0.00517. The number of amides is 1. The first kappa shape index (κ1) is 19.3. The summed E-state index contributed by atoms with van der Waals surface area (Å²) in [6.07, 6.45) is 1.54. The van der Waals surface area contributed by atoms with Crippen molar-refractivity contribution < 1.29 is 4.79 Å². The maximum atomic E-state index is 11.8. The molecule has 0 aromatic heterocycles. The molecule has 2 N–H and O–H groups in total. The number of aryl methyl sites for hydroxylation is 1. The van der Waals surface area contributed by atoms with E-state index in [2.05, 4.69) is 60.7 Å². The van der Waals surface area contributed by atoms with Gasteiger partial charge in [-0.1, -0.05) is 50.6 Å². The zero-order valence-electron chi connectivity index (χ0n) is 16.2. The van der Waals surface area contributed by atoms with Crippen LogP contribution in [0.5, 0.6) is 0 Å². The van der Waals surface area contributed by atoms with Gasteiger partial charge < -0.3 is 15.5 Å². The summed E-state index contributed by atoms with van der Waals surface area (Å²) < 4.78 is 0. The third-order valence-corrected chi connectivity index (χ3v) is 4.94. The predicted molar refractivity (Wildman–Crippen MR) is 104 cm³/mol. The lowest BCUT2D eigenvalue weighted by molar-refractivity contribution is -0.129. The van der Waals surface area contributed by atoms with Gasteiger partial charge in [-0.25, -0.2) is 0 Å². The van der Waals surface area contributed by atoms with Gasteiger partial charge >= 0.3 is 0 Å². The summed E-state index contributed by atoms with van der Waals surface area (Å²) in [5.74, 6) is 1.03. The quantitative estimate of drug-likeness (QED) is 0.637. The van der Waals surface area contributed by atoms with Gasteiger partial charge in [-0.05, 0) is 18.9 Å². The molecule has 138 valence electrons. The number of nitrogens with zero attached hydrogens (tertiary/aromatic N) is 2. The average molecular weight is 345 g/mol. The van der Waals surface area contributed by atoms with Crippen molar-refractivity contribution in [2.45, 2.75) is 52.0 Å². The fraction of sp³-hybridized carbons (Fsp3) is 0.600. The van der Waals surface area contributed by atoms with Crippen LogP contribution in [0.15, 0.2) is 29.3 Å². The second-order valence-electron chi connectivity index (χ2n) is 7.50. The normalized spacial score (nSPS) is 18.4. The van der Waals surface area contributed by atoms with Gasteiger partial charge in [0.1, 0.15) is 0 Å². The fourth-order valence-corrected chi connectivity index (χ4v) is 3.13. The van der Waals surface area contributed by atoms with Crippen LogP contribution in [-0.2, 0) is 10.2 Å². The van der Waals surface area contributed by atoms with E-state index in [1.165, 1.54) is 11.1 Å². The maximum absolute atomic E-state index is 11.8. The summed E-state index contributed by atoms with van der Waals surface area (Å²) in [7, 11) is 1.79. The van der Waals surface area contributed by atoms with Gasteiger partial charge in [-0.3, -0.25) is 9.79 Å². The number of carbonyl (C=O) groups excluding carboxylic acids is 1. The van der Waals surface area contributed by atoms with E-state index >= 15 is 0 Å². The van der Waals surface area contributed by atoms with Crippen LogP contribution < -0.4 is 10.6 Å². The first-order chi connectivity index (χ1) is 11.9. The van der Waals surface area contributed by atoms with Crippen molar-refractivity contribution in [2.24, 2.45) is 4.99 Å². The van der Waals surface area contributed by atoms with Crippen LogP contribution >= 0.6 is 0 Å². The molecule has 1 aromatic carbocycles. The fourth-order valence-electron chi connectivity index (χ4n) is 3.13. The second-order valence-corrected chi connectivity index (χ2v) is 7.50. The lowest BCUT2D eigenvalue weighted by atomic mass is 9.84. The summed E-state index contributed by atoms with van der Waals surface area (Å²) >= 11 is 0. The van der Waals surface area contributed by atoms with E-state index in [1.807, 2.05) is 11.8 Å². The highest BCUT2D eigenvalue weighted by Gasteiger charge is 2.26. The zero-order valence-corrected chi connectivity index (χ0v) is 16.2. The van der Waals surface area contributed by atoms with Crippen LogP contribution in [0.2, 0.25) is 0 Å². The van der Waals surface area contributed by atoms with Crippen molar-refractivity contribution in [1.82, 2.24) is 15.5 Å². The molecule has 25 heavy (non-hydrogen) atoms. The highest BCUT2D eigenvalue weighted by molar-refractivity contribution is 5.80. The molecule has 0 bridgehead atoms. The molecule has 1 aromatic rings. The van der Waals surface area contributed by atoms with E-state index in [0.717, 1.165) is 32.0 Å². The van der Waals surface area contributed by atoms with Crippen molar-refractivity contribution in [1.29, 1.82) is 0 Å². The van der Waals surface area contributed by atoms with Gasteiger partial charge in [0, 0.05) is 44.6 Å². The number of benzene rings is 1. The highest BCUT2D eigenvalue weighted by atomic mass is 16.2. The van der Waals surface area contributed by atoms with Crippen molar-refractivity contribution in [3.63, 3.8) is 0 Å². The van der Waals surface area contributed by atoms with Crippen LogP contribution in [0, 0.1) is 6.92 Å². The lowest BCUT2D eigenvalue weighted by Crippen LogP contribution is -2.48. The molecule has 1 heterocycles. The number of carbonyl (C=O) groups is 1. The van der Waals surface area contributed by atoms with E-state index in [1.54, 1.807) is 7.05 Å². The molecule has 0 saturated carbocycles. The Morgan fingerprint density at radius 3 is 2.60 bits per heavy atom. The number of rotatable bonds is 5. The topological polar surface area (TPSA) is 56.7 Å². The van der Waals surface area contributed by atoms with E-state index in [0.29, 0.717) is 6.42 Å². The smallest absolute Gasteiger partial charge is 0.222 e. The number of likely N-dealkylation sites (tertiary alicyclic amines) is 1. The van der Waals surface area contributed by atoms with Crippen LogP contribution in [0.3, 0.4) is 0 Å². The largest absolute Gasteiger partial charge is 0.356 e. The molecule has 5 heteroatoms. The molecule has 1 aliphatic rings. The molecule has 1 unspecified atom stereocenters. The van der Waals surface area contributed by atoms with Crippen LogP contribution in [0.4, 0.5) is 0 Å². The standard InChI is InChI=1S/C20H32N4O/c1-6-18(25)24-12-11-17(13-24)23-19(21-5)22-14-20(3,4)16-9-7-15(2)8-10-16/h7-10,17H,6,11-14H2,1-5H3,(H2,21,22,23). The Morgan fingerprint density at radius 1 is 1.32 bits per heavy atom. The van der Waals surface area contributed by atoms with Crippen molar-refractivity contribution in [3.05, 3.63) is 35.4 Å². The Bertz CT molecular complexity index is 607. The van der Waals surface area contributed by atoms with Crippen LogP contribution in [-0.4, -0.2) is 49.5 Å². The minimum Gasteiger partial charge on any atom is -0.356 e. The Labute approximate surface area is 151 Å². The lowest BCUT2D eigenvalue weighted by Gasteiger charge is -2.27. The van der Waals surface area contributed by atoms with Gasteiger partial charge in [-0.15, -0.1) is 0 Å². The Morgan fingerprint density at radius 2 is 2.00 bits per heavy atom. The Hall–Kier alpha value is -2.04. The van der Waals surface area contributed by atoms with E-state index < -0.39 is 0 Å². The molecule has 1 atom stereocenters. The summed E-state index contributed by atoms with van der Waals surface area (Å²) in [4.78, 5) is 18.1. The number of aliphatic imine (C=N–C) groups is 1. The first-order valence-corrected chi connectivity index (χ1v) is 9.18. The molecule has 0 aliphatic carbocycles. The summed E-state index contributed by atoms with van der Waals surface area (Å²) in [5.41, 5.74) is 2.59. The van der Waals surface area contributed by atoms with Gasteiger partial charge in [0.15, 0.2) is 5.96 Å². The monoisotopic (exact) mass is 344 g/mol. The summed E-state index contributed by atoms with van der Waals surface area (Å²) in [6, 6.07) is 8.96. The molecule has 5 nitrogen and oxygen atoms in total. The molecule has 0 spiro atoms. The first-order valence-electron chi connectivity index (χ1n) is 9.18. The van der Waals surface area contributed by atoms with Gasteiger partial charge in [0.2, 0.25) is 5.91 Å². The molecule has 1 amide bonds. The average Bonchev–Trinajstić information content (AvgIpc) is 3.06. The van der Waals surface area contributed by atoms with E-state index in [-0.39, 0.29) is 17.4 Å². The molecular formula is C20H32N4O. The second kappa shape index (κ2) is 8.37. The van der Waals surface area contributed by atoms with Crippen LogP contribution in [0.25, 0.3) is 0 Å². The molecule has 1 saturated heterocycles. The molecule has 1 aliphatic heterocycles. The molecule has 0 radical (unpaired) electrons.